The summed E-state index contributed by atoms with van der Waals surface area (Å²) >= 11 is 0. The number of rotatable bonds is 16. The molecule has 1 saturated heterocycles. The fraction of sp³-hybridized carbons (Fsp3) is 0.439. The number of imide groups is 1. The highest BCUT2D eigenvalue weighted by molar-refractivity contribution is 7.86. The molecule has 0 saturated carbocycles. The van der Waals surface area contributed by atoms with Crippen LogP contribution in [0.4, 0.5) is 5.69 Å². The van der Waals surface area contributed by atoms with Crippen LogP contribution in [0.5, 0.6) is 11.5 Å². The number of nitrogens with one attached hydrogen (secondary N) is 1. The van der Waals surface area contributed by atoms with Gasteiger partial charge in [0.15, 0.2) is 0 Å². The monoisotopic (exact) mass is 930 g/mol. The van der Waals surface area contributed by atoms with E-state index in [9.17, 15) is 53.3 Å². The van der Waals surface area contributed by atoms with Gasteiger partial charge < -0.3 is 14.9 Å². The smallest absolute Gasteiger partial charge is 0.333 e. The van der Waals surface area contributed by atoms with Crippen molar-refractivity contribution in [2.24, 2.45) is 4.99 Å². The van der Waals surface area contributed by atoms with Crippen molar-refractivity contribution in [3.63, 3.8) is 0 Å². The van der Waals surface area contributed by atoms with Gasteiger partial charge in [-0.2, -0.15) is 25.3 Å². The molecule has 2 amide bonds. The number of nitrogens with zero attached hydrogens (tertiary/aromatic N) is 4. The van der Waals surface area contributed by atoms with E-state index >= 15 is 0 Å². The molecule has 19 nitrogen and oxygen atoms in total. The number of carbonyl (C=O) groups is 3. The zero-order valence-electron chi connectivity index (χ0n) is 35.0. The zero-order chi connectivity index (χ0) is 45.9. The fourth-order valence-corrected chi connectivity index (χ4v) is 10.1. The molecule has 0 atom stereocenters. The van der Waals surface area contributed by atoms with Gasteiger partial charge in [-0.25, -0.2) is 13.9 Å². The molecule has 3 aromatic rings. The minimum atomic E-state index is -4.52. The minimum Gasteiger partial charge on any atom is -0.456 e. The lowest BCUT2D eigenvalue weighted by atomic mass is 9.87. The van der Waals surface area contributed by atoms with Crippen molar-refractivity contribution in [2.45, 2.75) is 96.8 Å². The van der Waals surface area contributed by atoms with E-state index in [0.717, 1.165) is 0 Å². The molecule has 4 aliphatic rings. The van der Waals surface area contributed by atoms with Gasteiger partial charge in [0.2, 0.25) is 0 Å². The highest BCUT2D eigenvalue weighted by atomic mass is 32.2. The molecule has 63 heavy (non-hydrogen) atoms. The maximum atomic E-state index is 12.5. The van der Waals surface area contributed by atoms with Crippen LogP contribution in [-0.4, -0.2) is 94.7 Å². The second-order valence-electron chi connectivity index (χ2n) is 17.1. The number of hydroxylamine groups is 2. The summed E-state index contributed by atoms with van der Waals surface area (Å²) in [6, 6.07) is 6.82. The molecule has 0 aliphatic carbocycles. The maximum Gasteiger partial charge on any atom is 0.333 e. The van der Waals surface area contributed by atoms with Crippen molar-refractivity contribution in [1.82, 2.24) is 9.63 Å². The first kappa shape index (κ1) is 45.8. The molecule has 1 fully saturated rings. The summed E-state index contributed by atoms with van der Waals surface area (Å²) in [6.45, 7) is 7.66. The number of amides is 2. The third-order valence-corrected chi connectivity index (χ3v) is 12.9. The number of benzene rings is 2. The van der Waals surface area contributed by atoms with Gasteiger partial charge in [-0.15, -0.1) is 5.06 Å². The fourth-order valence-electron chi connectivity index (χ4n) is 8.37. The number of hydrogen-bond acceptors (Lipinski definition) is 13. The van der Waals surface area contributed by atoms with Crippen LogP contribution in [0.2, 0.25) is 0 Å². The summed E-state index contributed by atoms with van der Waals surface area (Å²) in [5, 5.41) is 4.73. The number of aryl methyl sites for hydroxylation is 2. The van der Waals surface area contributed by atoms with Crippen LogP contribution in [0.3, 0.4) is 0 Å². The van der Waals surface area contributed by atoms with Crippen LogP contribution in [0.1, 0.15) is 95.2 Å². The molecule has 7 rings (SSSR count). The zero-order valence-corrected chi connectivity index (χ0v) is 37.4. The number of ether oxygens (including phenoxy) is 1. The highest BCUT2D eigenvalue weighted by Crippen LogP contribution is 2.44. The van der Waals surface area contributed by atoms with E-state index in [-0.39, 0.29) is 37.8 Å². The Balaban J connectivity index is 1.38. The van der Waals surface area contributed by atoms with E-state index in [4.69, 9.17) is 14.6 Å². The molecule has 0 radical (unpaired) electrons. The first-order valence-electron chi connectivity index (χ1n) is 20.1. The van der Waals surface area contributed by atoms with Gasteiger partial charge in [0.1, 0.15) is 35.4 Å². The largest absolute Gasteiger partial charge is 0.456 e. The Bertz CT molecular complexity index is 2970. The van der Waals surface area contributed by atoms with Gasteiger partial charge in [-0.05, 0) is 70.2 Å². The molecule has 0 bridgehead atoms. The van der Waals surface area contributed by atoms with E-state index < -0.39 is 76.5 Å². The summed E-state index contributed by atoms with van der Waals surface area (Å²) in [6.07, 6.45) is 8.07. The van der Waals surface area contributed by atoms with Crippen LogP contribution < -0.4 is 25.2 Å². The van der Waals surface area contributed by atoms with Gasteiger partial charge in [0.25, 0.3) is 48.0 Å². The number of hydrogen-bond donors (Lipinski definition) is 4. The molecule has 22 heteroatoms. The molecule has 2 aromatic carbocycles. The lowest BCUT2D eigenvalue weighted by Gasteiger charge is -2.33. The number of unbranched alkanes of at least 4 members (excludes halogenated alkanes) is 2. The number of carbonyl (C=O) groups excluding carboxylic acids is 3. The molecule has 5 heterocycles. The lowest BCUT2D eigenvalue weighted by Crippen LogP contribution is -2.40. The third kappa shape index (κ3) is 10.8. The molecular formula is C41H48N5O14S3+. The molecule has 4 aliphatic heterocycles. The molecule has 0 spiro atoms. The van der Waals surface area contributed by atoms with Crippen molar-refractivity contribution >= 4 is 70.5 Å². The standard InChI is InChI=1S/C41H47N5O14S3/c1-40(2)21-25(23-62(53,54)55)27-17-29-33(19-31(27)42-40)59-34-20-32-28(26(24-63(56,57)58)22-41(3,4)43-32)18-30(34)38(29)39-44(14-15-45(39)13-8-16-61(50,51)52)12-7-5-6-9-37(49)60-46-35(47)10-11-36(46)48/h14-15,17-22H,5-13,16,23-24H2,1-4H3,(H3-,42,43,50,51,52,53,54,55,56,57,58)/p+1. The summed E-state index contributed by atoms with van der Waals surface area (Å²) in [5.41, 5.74) is 1.28. The second kappa shape index (κ2) is 16.7. The first-order valence-corrected chi connectivity index (χ1v) is 25.0. The van der Waals surface area contributed by atoms with E-state index in [1.165, 1.54) is 0 Å². The van der Waals surface area contributed by atoms with Crippen LogP contribution >= 0.6 is 0 Å². The Labute approximate surface area is 364 Å². The Morgan fingerprint density at radius 3 is 2.14 bits per heavy atom. The third-order valence-electron chi connectivity index (χ3n) is 10.7. The van der Waals surface area contributed by atoms with Crippen molar-refractivity contribution in [1.29, 1.82) is 0 Å². The van der Waals surface area contributed by atoms with Crippen LogP contribution in [0.25, 0.3) is 16.7 Å². The Morgan fingerprint density at radius 2 is 1.49 bits per heavy atom. The number of fused-ring (bicyclic) bond motifs is 4. The average Bonchev–Trinajstić information content (AvgIpc) is 3.67. The van der Waals surface area contributed by atoms with E-state index in [1.807, 2.05) is 18.4 Å². The average molecular weight is 931 g/mol. The molecule has 0 unspecified atom stereocenters. The normalized spacial score (nSPS) is 17.6. The first-order chi connectivity index (χ1) is 29.2. The number of imidazole rings is 1. The topological polar surface area (TPSA) is 269 Å². The lowest BCUT2D eigenvalue weighted by molar-refractivity contribution is -0.698. The van der Waals surface area contributed by atoms with Crippen molar-refractivity contribution in [3.05, 3.63) is 81.9 Å². The molecular weight excluding hydrogens is 883 g/mol. The van der Waals surface area contributed by atoms with Crippen molar-refractivity contribution in [2.75, 3.05) is 22.6 Å². The van der Waals surface area contributed by atoms with Gasteiger partial charge in [-0.1, -0.05) is 12.2 Å². The van der Waals surface area contributed by atoms with Gasteiger partial charge in [-0.3, -0.25) is 28.2 Å². The predicted molar refractivity (Wildman–Crippen MR) is 227 cm³/mol. The maximum absolute atomic E-state index is 12.5. The van der Waals surface area contributed by atoms with Crippen LogP contribution in [0.15, 0.2) is 53.8 Å². The number of anilines is 1. The van der Waals surface area contributed by atoms with Gasteiger partial charge >= 0.3 is 5.97 Å². The van der Waals surface area contributed by atoms with E-state index in [2.05, 4.69) is 5.32 Å². The Morgan fingerprint density at radius 1 is 0.825 bits per heavy atom. The van der Waals surface area contributed by atoms with Crippen molar-refractivity contribution in [3.8, 4) is 11.5 Å². The highest BCUT2D eigenvalue weighted by Gasteiger charge is 2.36. The molecule has 338 valence electrons. The Kier molecular flexibility index (Phi) is 12.1. The predicted octanol–water partition coefficient (Wildman–Crippen LogP) is 2.73. The summed E-state index contributed by atoms with van der Waals surface area (Å²) in [4.78, 5) is 46.2. The quantitative estimate of drug-likeness (QED) is 0.0545. The van der Waals surface area contributed by atoms with Gasteiger partial charge in [0, 0.05) is 65.4 Å². The SMILES string of the molecule is CC1(C)C=C(CS(=O)(=O)O)c2cc3c(cc2=N1)Oc1cc2c(cc1C=3c1n(CCCCCC(=O)ON3C(=O)CCC3=O)cc[n+]1CCCS(=O)(=O)O)C(CS(=O)(=O)O)=CC(C)(C)N2. The van der Waals surface area contributed by atoms with Crippen LogP contribution in [-0.2, 0) is 62.7 Å². The summed E-state index contributed by atoms with van der Waals surface area (Å²) in [7, 11) is -13.4. The summed E-state index contributed by atoms with van der Waals surface area (Å²) < 4.78 is 113. The van der Waals surface area contributed by atoms with Gasteiger partial charge in [0.05, 0.1) is 40.9 Å². The molecule has 1 aromatic heterocycles. The Hall–Kier alpha value is -5.26. The second-order valence-corrected chi connectivity index (χ2v) is 21.6. The molecule has 4 N–H and O–H groups in total. The van der Waals surface area contributed by atoms with E-state index in [1.54, 1.807) is 67.2 Å². The van der Waals surface area contributed by atoms with Crippen molar-refractivity contribution < 1.29 is 67.4 Å². The minimum absolute atomic E-state index is 0.00201. The summed E-state index contributed by atoms with van der Waals surface area (Å²) in [5.74, 6) is -2.69. The van der Waals surface area contributed by atoms with E-state index in [0.29, 0.717) is 92.3 Å². The number of aromatic nitrogens is 2. The van der Waals surface area contributed by atoms with Crippen LogP contribution in [0, 0.1) is 0 Å².